The van der Waals surface area contributed by atoms with Gasteiger partial charge in [-0.1, -0.05) is 160 Å². The SMILES string of the molecule is CC1(C)Cc2cccc(-n3c4c(c5ccccc53)CC=CC=C4)c2Cc2ccc(N(C3=CC=CC=CC3)c3ccc(-c4ccc(-c5ccccc5)cc4)cc3)cc21. The van der Waals surface area contributed by atoms with Gasteiger partial charge in [0.15, 0.2) is 0 Å². The predicted molar refractivity (Wildman–Crippen MR) is 242 cm³/mol. The summed E-state index contributed by atoms with van der Waals surface area (Å²) in [6, 6.07) is 51.8. The maximum atomic E-state index is 2.53. The minimum Gasteiger partial charge on any atom is -0.314 e. The third-order valence-corrected chi connectivity index (χ3v) is 12.1. The molecular formula is C55H46N2. The number of allylic oxidation sites excluding steroid dienone is 8. The molecule has 0 N–H and O–H groups in total. The highest BCUT2D eigenvalue weighted by atomic mass is 15.1. The number of para-hydroxylation sites is 1. The molecule has 6 aromatic carbocycles. The zero-order valence-corrected chi connectivity index (χ0v) is 32.7. The third kappa shape index (κ3) is 6.42. The molecule has 2 heteroatoms. The van der Waals surface area contributed by atoms with E-state index < -0.39 is 0 Å². The molecule has 0 aliphatic heterocycles. The van der Waals surface area contributed by atoms with Gasteiger partial charge in [-0.05, 0) is 117 Å². The van der Waals surface area contributed by atoms with E-state index in [-0.39, 0.29) is 5.41 Å². The van der Waals surface area contributed by atoms with Gasteiger partial charge in [0.1, 0.15) is 0 Å². The lowest BCUT2D eigenvalue weighted by Gasteiger charge is -2.31. The second kappa shape index (κ2) is 14.5. The molecule has 0 amide bonds. The minimum absolute atomic E-state index is 0.0756. The summed E-state index contributed by atoms with van der Waals surface area (Å²) in [6.07, 6.45) is 23.6. The van der Waals surface area contributed by atoms with E-state index >= 15 is 0 Å². The molecule has 0 radical (unpaired) electrons. The molecule has 0 fully saturated rings. The molecule has 0 spiro atoms. The van der Waals surface area contributed by atoms with E-state index in [1.54, 1.807) is 0 Å². The van der Waals surface area contributed by atoms with Crippen LogP contribution in [0.2, 0.25) is 0 Å². The largest absolute Gasteiger partial charge is 0.314 e. The fourth-order valence-electron chi connectivity index (χ4n) is 9.34. The third-order valence-electron chi connectivity index (χ3n) is 12.1. The van der Waals surface area contributed by atoms with Crippen LogP contribution in [-0.4, -0.2) is 4.57 Å². The molecule has 10 rings (SSSR count). The number of benzene rings is 6. The Balaban J connectivity index is 1.04. The molecule has 57 heavy (non-hydrogen) atoms. The van der Waals surface area contributed by atoms with Gasteiger partial charge in [0, 0.05) is 41.0 Å². The van der Waals surface area contributed by atoms with Gasteiger partial charge >= 0.3 is 0 Å². The Hall–Kier alpha value is -6.64. The number of anilines is 2. The first kappa shape index (κ1) is 34.8. The summed E-state index contributed by atoms with van der Waals surface area (Å²) in [7, 11) is 0. The minimum atomic E-state index is -0.0756. The summed E-state index contributed by atoms with van der Waals surface area (Å²) >= 11 is 0. The first-order chi connectivity index (χ1) is 28.0. The van der Waals surface area contributed by atoms with E-state index in [1.807, 2.05) is 0 Å². The maximum Gasteiger partial charge on any atom is 0.0537 e. The fourth-order valence-corrected chi connectivity index (χ4v) is 9.34. The van der Waals surface area contributed by atoms with Crippen LogP contribution in [0.15, 0.2) is 194 Å². The van der Waals surface area contributed by atoms with Crippen molar-refractivity contribution < 1.29 is 0 Å². The molecule has 0 atom stereocenters. The highest BCUT2D eigenvalue weighted by molar-refractivity contribution is 5.91. The molecule has 1 heterocycles. The summed E-state index contributed by atoms with van der Waals surface area (Å²) in [5.41, 5.74) is 19.4. The van der Waals surface area contributed by atoms with Gasteiger partial charge in [-0.2, -0.15) is 0 Å². The smallest absolute Gasteiger partial charge is 0.0537 e. The van der Waals surface area contributed by atoms with Crippen LogP contribution in [0.5, 0.6) is 0 Å². The lowest BCUT2D eigenvalue weighted by molar-refractivity contribution is 0.523. The molecule has 3 aliphatic rings. The van der Waals surface area contributed by atoms with E-state index in [0.29, 0.717) is 0 Å². The molecule has 7 aromatic rings. The van der Waals surface area contributed by atoms with Gasteiger partial charge in [-0.15, -0.1) is 0 Å². The van der Waals surface area contributed by atoms with Crippen molar-refractivity contribution in [1.82, 2.24) is 4.57 Å². The summed E-state index contributed by atoms with van der Waals surface area (Å²) in [5.74, 6) is 0. The number of rotatable bonds is 6. The summed E-state index contributed by atoms with van der Waals surface area (Å²) in [4.78, 5) is 2.46. The van der Waals surface area contributed by atoms with Gasteiger partial charge in [0.05, 0.1) is 11.2 Å². The van der Waals surface area contributed by atoms with Crippen molar-refractivity contribution in [1.29, 1.82) is 0 Å². The lowest BCUT2D eigenvalue weighted by Crippen LogP contribution is -2.22. The highest BCUT2D eigenvalue weighted by Gasteiger charge is 2.32. The van der Waals surface area contributed by atoms with Crippen LogP contribution in [0.3, 0.4) is 0 Å². The van der Waals surface area contributed by atoms with Crippen LogP contribution < -0.4 is 4.90 Å². The van der Waals surface area contributed by atoms with Crippen LogP contribution in [0.1, 0.15) is 53.8 Å². The zero-order valence-electron chi connectivity index (χ0n) is 32.7. The average molecular weight is 735 g/mol. The Morgan fingerprint density at radius 1 is 0.544 bits per heavy atom. The van der Waals surface area contributed by atoms with Crippen LogP contribution >= 0.6 is 0 Å². The first-order valence-corrected chi connectivity index (χ1v) is 20.3. The lowest BCUT2D eigenvalue weighted by atomic mass is 9.78. The molecule has 0 bridgehead atoms. The average Bonchev–Trinajstić information content (AvgIpc) is 3.53. The predicted octanol–water partition coefficient (Wildman–Crippen LogP) is 14.1. The van der Waals surface area contributed by atoms with Crippen LogP contribution in [-0.2, 0) is 24.7 Å². The van der Waals surface area contributed by atoms with E-state index in [2.05, 4.69) is 218 Å². The van der Waals surface area contributed by atoms with Gasteiger partial charge in [-0.3, -0.25) is 0 Å². The zero-order chi connectivity index (χ0) is 38.3. The van der Waals surface area contributed by atoms with Gasteiger partial charge in [0.25, 0.3) is 0 Å². The Morgan fingerprint density at radius 3 is 2.04 bits per heavy atom. The monoisotopic (exact) mass is 734 g/mol. The van der Waals surface area contributed by atoms with Crippen molar-refractivity contribution >= 4 is 28.4 Å². The molecule has 1 aromatic heterocycles. The maximum absolute atomic E-state index is 2.53. The van der Waals surface area contributed by atoms with Crippen molar-refractivity contribution in [2.45, 2.75) is 44.9 Å². The number of aromatic nitrogens is 1. The number of nitrogens with zero attached hydrogens (tertiary/aromatic N) is 2. The topological polar surface area (TPSA) is 8.17 Å². The fraction of sp³-hybridized carbons (Fsp3) is 0.127. The Bertz CT molecular complexity index is 2780. The van der Waals surface area contributed by atoms with E-state index in [9.17, 15) is 0 Å². The molecule has 3 aliphatic carbocycles. The van der Waals surface area contributed by atoms with Crippen molar-refractivity contribution in [3.05, 3.63) is 227 Å². The Morgan fingerprint density at radius 2 is 1.23 bits per heavy atom. The van der Waals surface area contributed by atoms with Crippen molar-refractivity contribution in [2.24, 2.45) is 0 Å². The van der Waals surface area contributed by atoms with Crippen LogP contribution in [0.25, 0.3) is 44.9 Å². The summed E-state index contributed by atoms with van der Waals surface area (Å²) in [5, 5.41) is 1.34. The second-order valence-corrected chi connectivity index (χ2v) is 16.2. The summed E-state index contributed by atoms with van der Waals surface area (Å²) < 4.78 is 2.53. The second-order valence-electron chi connectivity index (χ2n) is 16.2. The number of fused-ring (bicyclic) bond motifs is 5. The molecule has 0 saturated heterocycles. The standard InChI is InChI=1S/C55H46N2/c1-55(2)38-44-18-15-25-54(57-52-23-12-6-11-21-48(52)49-22-13-14-24-53(49)57)50(44)36-43-32-35-47(37-51(43)55)56(45-19-9-3-4-10-20-45)46-33-30-42(31-34-46)41-28-26-40(27-29-41)39-16-7-5-8-17-39/h3-19,22-35,37H,20-21,36,38H2,1-2H3. The van der Waals surface area contributed by atoms with Gasteiger partial charge < -0.3 is 9.47 Å². The van der Waals surface area contributed by atoms with E-state index in [4.69, 9.17) is 0 Å². The van der Waals surface area contributed by atoms with Crippen LogP contribution in [0, 0.1) is 0 Å². The quantitative estimate of drug-likeness (QED) is 0.165. The van der Waals surface area contributed by atoms with Gasteiger partial charge in [0.2, 0.25) is 0 Å². The summed E-state index contributed by atoms with van der Waals surface area (Å²) in [6.45, 7) is 4.86. The van der Waals surface area contributed by atoms with Crippen molar-refractivity contribution in [3.8, 4) is 27.9 Å². The van der Waals surface area contributed by atoms with E-state index in [1.165, 1.54) is 83.7 Å². The highest BCUT2D eigenvalue weighted by Crippen LogP contribution is 2.43. The molecular weight excluding hydrogens is 689 g/mol. The number of hydrogen-bond acceptors (Lipinski definition) is 1. The van der Waals surface area contributed by atoms with Crippen molar-refractivity contribution in [3.63, 3.8) is 0 Å². The first-order valence-electron chi connectivity index (χ1n) is 20.3. The van der Waals surface area contributed by atoms with E-state index in [0.717, 1.165) is 31.4 Å². The molecule has 2 nitrogen and oxygen atoms in total. The molecule has 0 unspecified atom stereocenters. The van der Waals surface area contributed by atoms with Crippen LogP contribution in [0.4, 0.5) is 11.4 Å². The Labute approximate surface area is 336 Å². The molecule has 276 valence electrons. The normalized spacial score (nSPS) is 15.2. The van der Waals surface area contributed by atoms with Crippen molar-refractivity contribution in [2.75, 3.05) is 4.90 Å². The molecule has 0 saturated carbocycles. The Kier molecular flexibility index (Phi) is 8.83. The number of hydrogen-bond donors (Lipinski definition) is 0. The van der Waals surface area contributed by atoms with Gasteiger partial charge in [-0.25, -0.2) is 0 Å².